The van der Waals surface area contributed by atoms with Crippen molar-refractivity contribution in [2.24, 2.45) is 23.7 Å². The van der Waals surface area contributed by atoms with Gasteiger partial charge in [-0.05, 0) is 148 Å². The molecular formula is C58H45NO. The predicted molar refractivity (Wildman–Crippen MR) is 248 cm³/mol. The number of benzene rings is 8. The number of hydrogen-bond donors (Lipinski definition) is 0. The molecule has 5 aliphatic rings. The Labute approximate surface area is 351 Å². The van der Waals surface area contributed by atoms with E-state index in [1.807, 2.05) is 6.07 Å². The quantitative estimate of drug-likeness (QED) is 0.167. The molecule has 2 nitrogen and oxygen atoms in total. The third kappa shape index (κ3) is 5.07. The molecule has 0 atom stereocenters. The second kappa shape index (κ2) is 13.2. The van der Waals surface area contributed by atoms with E-state index in [1.54, 1.807) is 11.1 Å². The van der Waals surface area contributed by atoms with Crippen LogP contribution in [0.25, 0.3) is 66.4 Å². The molecule has 4 saturated carbocycles. The minimum Gasteiger partial charge on any atom is -0.455 e. The van der Waals surface area contributed by atoms with Gasteiger partial charge < -0.3 is 9.32 Å². The fourth-order valence-electron chi connectivity index (χ4n) is 12.8. The smallest absolute Gasteiger partial charge is 0.143 e. The highest BCUT2D eigenvalue weighted by Gasteiger charge is 2.61. The third-order valence-corrected chi connectivity index (χ3v) is 15.1. The van der Waals surface area contributed by atoms with E-state index in [-0.39, 0.29) is 5.41 Å². The molecule has 4 fully saturated rings. The second-order valence-electron chi connectivity index (χ2n) is 18.1. The lowest BCUT2D eigenvalue weighted by Crippen LogP contribution is -2.55. The Bertz CT molecular complexity index is 3070. The Morgan fingerprint density at radius 3 is 1.70 bits per heavy atom. The third-order valence-electron chi connectivity index (χ3n) is 15.1. The lowest BCUT2D eigenvalue weighted by molar-refractivity contribution is -0.0399. The Balaban J connectivity index is 0.947. The van der Waals surface area contributed by atoms with Gasteiger partial charge in [-0.25, -0.2) is 0 Å². The Morgan fingerprint density at radius 2 is 0.933 bits per heavy atom. The van der Waals surface area contributed by atoms with Gasteiger partial charge in [0.1, 0.15) is 11.2 Å². The standard InChI is InChI=1S/C58H45NO/c1-2-10-39(11-3-1)40-20-22-41(23-21-40)42-24-26-46(27-25-42)59(47-13-8-12-43(35-47)49-16-9-17-52-51-15-5-7-19-56(51)60-57(49)52)48-28-29-55-53(36-48)50-14-4-6-18-54(50)58(55)44-31-37-30-38(33-44)34-45(58)32-37/h1-29,35-38,44-45H,30-34H2. The van der Waals surface area contributed by atoms with E-state index in [0.29, 0.717) is 0 Å². The van der Waals surface area contributed by atoms with Crippen LogP contribution < -0.4 is 4.90 Å². The van der Waals surface area contributed by atoms with Crippen molar-refractivity contribution in [1.82, 2.24) is 0 Å². The van der Waals surface area contributed by atoms with Gasteiger partial charge in [0.2, 0.25) is 0 Å². The summed E-state index contributed by atoms with van der Waals surface area (Å²) < 4.78 is 6.56. The van der Waals surface area contributed by atoms with E-state index >= 15 is 0 Å². The van der Waals surface area contributed by atoms with E-state index in [4.69, 9.17) is 4.42 Å². The van der Waals surface area contributed by atoms with Gasteiger partial charge >= 0.3 is 0 Å². The van der Waals surface area contributed by atoms with Gasteiger partial charge in [0.25, 0.3) is 0 Å². The molecule has 1 heterocycles. The number of para-hydroxylation sites is 2. The van der Waals surface area contributed by atoms with E-state index in [0.717, 1.165) is 68.1 Å². The molecule has 0 saturated heterocycles. The fourth-order valence-corrected chi connectivity index (χ4v) is 12.8. The van der Waals surface area contributed by atoms with Crippen molar-refractivity contribution in [1.29, 1.82) is 0 Å². The highest BCUT2D eigenvalue weighted by Crippen LogP contribution is 2.69. The summed E-state index contributed by atoms with van der Waals surface area (Å²) in [5, 5.41) is 2.30. The summed E-state index contributed by atoms with van der Waals surface area (Å²) in [5.74, 6) is 3.33. The van der Waals surface area contributed by atoms with Gasteiger partial charge in [-0.2, -0.15) is 0 Å². The molecule has 1 aromatic heterocycles. The number of fused-ring (bicyclic) bond motifs is 6. The van der Waals surface area contributed by atoms with Crippen molar-refractivity contribution in [3.63, 3.8) is 0 Å². The molecule has 14 rings (SSSR count). The molecule has 0 radical (unpaired) electrons. The van der Waals surface area contributed by atoms with Crippen LogP contribution in [0.4, 0.5) is 17.1 Å². The van der Waals surface area contributed by atoms with E-state index < -0.39 is 0 Å². The average Bonchev–Trinajstić information content (AvgIpc) is 3.83. The topological polar surface area (TPSA) is 16.4 Å². The lowest BCUT2D eigenvalue weighted by Gasteiger charge is -2.61. The van der Waals surface area contributed by atoms with E-state index in [2.05, 4.69) is 187 Å². The molecule has 5 aliphatic carbocycles. The number of hydrogen-bond acceptors (Lipinski definition) is 2. The van der Waals surface area contributed by atoms with Crippen LogP contribution in [0, 0.1) is 23.7 Å². The molecule has 0 N–H and O–H groups in total. The molecule has 0 amide bonds. The molecule has 4 bridgehead atoms. The summed E-state index contributed by atoms with van der Waals surface area (Å²) in [6.07, 6.45) is 7.02. The summed E-state index contributed by atoms with van der Waals surface area (Å²) >= 11 is 0. The number of nitrogens with zero attached hydrogens (tertiary/aromatic N) is 1. The second-order valence-corrected chi connectivity index (χ2v) is 18.1. The Morgan fingerprint density at radius 1 is 0.383 bits per heavy atom. The normalized spacial score (nSPS) is 22.1. The number of rotatable bonds is 6. The lowest BCUT2D eigenvalue weighted by atomic mass is 9.43. The van der Waals surface area contributed by atoms with Crippen LogP contribution in [-0.2, 0) is 5.41 Å². The average molecular weight is 772 g/mol. The van der Waals surface area contributed by atoms with Crippen LogP contribution >= 0.6 is 0 Å². The molecule has 9 aromatic rings. The van der Waals surface area contributed by atoms with Gasteiger partial charge in [0, 0.05) is 38.8 Å². The first-order valence-electron chi connectivity index (χ1n) is 22.0. The van der Waals surface area contributed by atoms with Gasteiger partial charge in [-0.1, -0.05) is 146 Å². The first-order chi connectivity index (χ1) is 29.7. The van der Waals surface area contributed by atoms with E-state index in [9.17, 15) is 0 Å². The zero-order valence-electron chi connectivity index (χ0n) is 33.6. The molecule has 2 heteroatoms. The fraction of sp³-hybridized carbons (Fsp3) is 0.172. The summed E-state index contributed by atoms with van der Waals surface area (Å²) in [7, 11) is 0. The monoisotopic (exact) mass is 771 g/mol. The van der Waals surface area contributed by atoms with Crippen LogP contribution in [0.3, 0.4) is 0 Å². The molecule has 8 aromatic carbocycles. The zero-order valence-corrected chi connectivity index (χ0v) is 33.6. The van der Waals surface area contributed by atoms with Gasteiger partial charge in [-0.3, -0.25) is 0 Å². The Kier molecular flexibility index (Phi) is 7.52. The van der Waals surface area contributed by atoms with Crippen molar-refractivity contribution >= 4 is 39.0 Å². The van der Waals surface area contributed by atoms with Crippen LogP contribution in [0.2, 0.25) is 0 Å². The van der Waals surface area contributed by atoms with Crippen LogP contribution in [0.1, 0.15) is 43.2 Å². The maximum absolute atomic E-state index is 6.56. The van der Waals surface area contributed by atoms with Crippen molar-refractivity contribution in [3.8, 4) is 44.5 Å². The minimum absolute atomic E-state index is 0.144. The summed E-state index contributed by atoms with van der Waals surface area (Å²) in [6.45, 7) is 0. The maximum Gasteiger partial charge on any atom is 0.143 e. The molecular weight excluding hydrogens is 727 g/mol. The SMILES string of the molecule is c1ccc(-c2ccc(-c3ccc(N(c4cccc(-c5cccc6c5oc5ccccc56)c4)c4ccc5c(c4)-c4ccccc4C54C5CC6CC(C5)CC4C6)cc3)cc2)cc1. The first-order valence-corrected chi connectivity index (χ1v) is 22.0. The van der Waals surface area contributed by atoms with Crippen molar-refractivity contribution < 1.29 is 4.42 Å². The predicted octanol–water partition coefficient (Wildman–Crippen LogP) is 15.8. The first kappa shape index (κ1) is 34.2. The minimum atomic E-state index is 0.144. The molecule has 1 spiro atoms. The largest absolute Gasteiger partial charge is 0.455 e. The zero-order chi connectivity index (χ0) is 39.4. The summed E-state index contributed by atoms with van der Waals surface area (Å²) in [6, 6.07) is 69.6. The van der Waals surface area contributed by atoms with Crippen LogP contribution in [0.15, 0.2) is 192 Å². The molecule has 0 aliphatic heterocycles. The summed E-state index contributed by atoms with van der Waals surface area (Å²) in [5.41, 5.74) is 18.6. The van der Waals surface area contributed by atoms with Gasteiger partial charge in [0.15, 0.2) is 0 Å². The van der Waals surface area contributed by atoms with Gasteiger partial charge in [-0.15, -0.1) is 0 Å². The number of furan rings is 1. The number of anilines is 3. The summed E-state index contributed by atoms with van der Waals surface area (Å²) in [4.78, 5) is 2.47. The highest BCUT2D eigenvalue weighted by atomic mass is 16.3. The molecule has 288 valence electrons. The Hall–Kier alpha value is -6.64. The molecule has 60 heavy (non-hydrogen) atoms. The van der Waals surface area contributed by atoms with Crippen LogP contribution in [-0.4, -0.2) is 0 Å². The highest BCUT2D eigenvalue weighted by molar-refractivity contribution is 6.09. The van der Waals surface area contributed by atoms with Crippen molar-refractivity contribution in [3.05, 3.63) is 199 Å². The van der Waals surface area contributed by atoms with Crippen molar-refractivity contribution in [2.75, 3.05) is 4.90 Å². The van der Waals surface area contributed by atoms with E-state index in [1.165, 1.54) is 71.2 Å². The van der Waals surface area contributed by atoms with Gasteiger partial charge in [0.05, 0.1) is 0 Å². The van der Waals surface area contributed by atoms with Crippen LogP contribution in [0.5, 0.6) is 0 Å². The molecule has 0 unspecified atom stereocenters. The van der Waals surface area contributed by atoms with Crippen molar-refractivity contribution in [2.45, 2.75) is 37.5 Å². The maximum atomic E-state index is 6.56.